The Labute approximate surface area is 254 Å². The third-order valence-corrected chi connectivity index (χ3v) is 6.22. The van der Waals surface area contributed by atoms with Crippen LogP contribution in [0.4, 0.5) is 0 Å². The second-order valence-electron chi connectivity index (χ2n) is 7.00. The molecule has 0 spiro atoms. The molecule has 2 aromatic heterocycles. The fraction of sp³-hybridized carbons (Fsp3) is 0.182. The molecule has 0 amide bonds. The molecule has 2 aromatic carbocycles. The van der Waals surface area contributed by atoms with Crippen molar-refractivity contribution in [1.82, 2.24) is 29.7 Å². The van der Waals surface area contributed by atoms with E-state index >= 15 is 0 Å². The van der Waals surface area contributed by atoms with Gasteiger partial charge in [-0.2, -0.15) is 25.1 Å². The second-order valence-corrected chi connectivity index (χ2v) is 9.43. The average molecular weight is 660 g/mol. The number of H-pyrrole nitrogens is 1. The van der Waals surface area contributed by atoms with E-state index in [1.807, 2.05) is 13.8 Å². The summed E-state index contributed by atoms with van der Waals surface area (Å²) in [6.45, 7) is 3.94. The van der Waals surface area contributed by atoms with Crippen LogP contribution in [0.2, 0.25) is 20.1 Å². The minimum atomic E-state index is 0. The van der Waals surface area contributed by atoms with E-state index < -0.39 is 0 Å². The first kappa shape index (κ1) is 31.4. The van der Waals surface area contributed by atoms with E-state index in [9.17, 15) is 0 Å². The molecule has 0 aliphatic heterocycles. The average Bonchev–Trinajstić information content (AvgIpc) is 3.39. The Morgan fingerprint density at radius 3 is 1.86 bits per heavy atom. The van der Waals surface area contributed by atoms with E-state index in [2.05, 4.69) is 30.6 Å². The Bertz CT molecular complexity index is 1470. The van der Waals surface area contributed by atoms with Gasteiger partial charge >= 0.3 is 16.5 Å². The fourth-order valence-corrected chi connectivity index (χ4v) is 4.06. The number of benzene rings is 2. The standard InChI is InChI=1S/2C11H10Cl2N4S.Ni/c2*1-2-10-15-16-11(18)17(10)14-6-7-3-4-8(12)5-9(7)13;/h2*3-6H,2H2,1H3,(H,16,18);/q;;+2/p-1. The Morgan fingerprint density at radius 1 is 0.865 bits per heavy atom. The SMILES string of the molecule is CCc1n[nH]c(=S)n1N=Cc1ccc(Cl)cc1Cl.CCc1nnc([S-])n1N=Cc1ccc(Cl)cc1Cl.[Ni+2]. The van der Waals surface area contributed by atoms with Gasteiger partial charge in [0, 0.05) is 39.2 Å². The maximum absolute atomic E-state index is 6.05. The van der Waals surface area contributed by atoms with Gasteiger partial charge in [0.2, 0.25) is 4.77 Å². The van der Waals surface area contributed by atoms with Gasteiger partial charge < -0.3 is 12.6 Å². The number of nitrogens with one attached hydrogen (secondary N) is 1. The molecule has 0 saturated heterocycles. The van der Waals surface area contributed by atoms with Gasteiger partial charge in [-0.3, -0.25) is 5.10 Å². The zero-order valence-electron chi connectivity index (χ0n) is 19.3. The Balaban J connectivity index is 0.000000253. The number of aromatic amines is 1. The van der Waals surface area contributed by atoms with Gasteiger partial charge in [-0.05, 0) is 36.5 Å². The predicted molar refractivity (Wildman–Crippen MR) is 151 cm³/mol. The summed E-state index contributed by atoms with van der Waals surface area (Å²) in [7, 11) is 0. The molecule has 0 radical (unpaired) electrons. The summed E-state index contributed by atoms with van der Waals surface area (Å²) in [5, 5.41) is 25.5. The van der Waals surface area contributed by atoms with E-state index in [4.69, 9.17) is 71.3 Å². The van der Waals surface area contributed by atoms with Gasteiger partial charge in [-0.1, -0.05) is 72.4 Å². The molecule has 0 bridgehead atoms. The molecule has 0 fully saturated rings. The molecule has 8 nitrogen and oxygen atoms in total. The zero-order valence-corrected chi connectivity index (χ0v) is 25.0. The quantitative estimate of drug-likeness (QED) is 0.109. The molecule has 0 saturated carbocycles. The fourth-order valence-electron chi connectivity index (χ4n) is 2.76. The van der Waals surface area contributed by atoms with Crippen LogP contribution in [-0.4, -0.2) is 42.2 Å². The van der Waals surface area contributed by atoms with Crippen molar-refractivity contribution in [3.8, 4) is 0 Å². The van der Waals surface area contributed by atoms with Gasteiger partial charge in [-0.15, -0.1) is 5.10 Å². The molecule has 37 heavy (non-hydrogen) atoms. The normalized spacial score (nSPS) is 11.0. The van der Waals surface area contributed by atoms with E-state index in [0.29, 0.717) is 42.3 Å². The van der Waals surface area contributed by atoms with Crippen molar-refractivity contribution in [2.24, 2.45) is 10.2 Å². The van der Waals surface area contributed by atoms with E-state index in [1.54, 1.807) is 53.5 Å². The van der Waals surface area contributed by atoms with Crippen LogP contribution in [-0.2, 0) is 42.0 Å². The molecular formula is C22H19Cl4N8NiS2+. The van der Waals surface area contributed by atoms with Crippen molar-refractivity contribution >= 4 is 83.7 Å². The minimum Gasteiger partial charge on any atom is -0.738 e. The van der Waals surface area contributed by atoms with Crippen LogP contribution in [0.5, 0.6) is 0 Å². The number of aryl methyl sites for hydroxylation is 2. The van der Waals surface area contributed by atoms with Crippen LogP contribution >= 0.6 is 58.6 Å². The first-order chi connectivity index (χ1) is 17.2. The maximum Gasteiger partial charge on any atom is 2.00 e. The Kier molecular flexibility index (Phi) is 12.7. The molecule has 196 valence electrons. The maximum atomic E-state index is 6.05. The molecule has 0 unspecified atom stereocenters. The molecule has 4 aromatic rings. The molecule has 4 rings (SSSR count). The molecule has 0 aliphatic carbocycles. The van der Waals surface area contributed by atoms with Gasteiger partial charge in [-0.25, -0.2) is 4.68 Å². The predicted octanol–water partition coefficient (Wildman–Crippen LogP) is 6.62. The largest absolute Gasteiger partial charge is 2.00 e. The van der Waals surface area contributed by atoms with Crippen LogP contribution in [0.1, 0.15) is 36.6 Å². The van der Waals surface area contributed by atoms with Crippen molar-refractivity contribution in [1.29, 1.82) is 0 Å². The second kappa shape index (κ2) is 14.9. The van der Waals surface area contributed by atoms with E-state index in [1.165, 1.54) is 4.68 Å². The molecular weight excluding hydrogens is 641 g/mol. The van der Waals surface area contributed by atoms with Crippen LogP contribution in [0.3, 0.4) is 0 Å². The molecule has 2 heterocycles. The van der Waals surface area contributed by atoms with E-state index in [0.717, 1.165) is 23.4 Å². The summed E-state index contributed by atoms with van der Waals surface area (Å²) in [5.74, 6) is 1.47. The first-order valence-corrected chi connectivity index (χ1v) is 12.8. The summed E-state index contributed by atoms with van der Waals surface area (Å²) >= 11 is 33.8. The molecule has 0 aliphatic rings. The summed E-state index contributed by atoms with van der Waals surface area (Å²) in [6, 6.07) is 10.4. The van der Waals surface area contributed by atoms with Gasteiger partial charge in [0.1, 0.15) is 0 Å². The van der Waals surface area contributed by atoms with Crippen LogP contribution in [0.25, 0.3) is 0 Å². The molecule has 0 atom stereocenters. The van der Waals surface area contributed by atoms with Crippen molar-refractivity contribution in [3.63, 3.8) is 0 Å². The number of hydrogen-bond acceptors (Lipinski definition) is 7. The first-order valence-electron chi connectivity index (χ1n) is 10.5. The number of halogens is 4. The zero-order chi connectivity index (χ0) is 26.2. The van der Waals surface area contributed by atoms with Gasteiger partial charge in [0.25, 0.3) is 0 Å². The Morgan fingerprint density at radius 2 is 1.38 bits per heavy atom. The summed E-state index contributed by atoms with van der Waals surface area (Å²) in [6.07, 6.45) is 4.67. The molecule has 15 heteroatoms. The number of aromatic nitrogens is 6. The topological polar surface area (TPSA) is 89.0 Å². The smallest absolute Gasteiger partial charge is 0.738 e. The summed E-state index contributed by atoms with van der Waals surface area (Å²) in [5.41, 5.74) is 1.53. The third-order valence-electron chi connectivity index (χ3n) is 4.58. The van der Waals surface area contributed by atoms with E-state index in [-0.39, 0.29) is 16.5 Å². The van der Waals surface area contributed by atoms with Crippen LogP contribution in [0.15, 0.2) is 51.8 Å². The van der Waals surface area contributed by atoms with Crippen molar-refractivity contribution in [2.75, 3.05) is 0 Å². The van der Waals surface area contributed by atoms with Crippen LogP contribution < -0.4 is 0 Å². The Hall–Kier alpha value is -1.85. The number of nitrogens with zero attached hydrogens (tertiary/aromatic N) is 7. The summed E-state index contributed by atoms with van der Waals surface area (Å²) in [4.78, 5) is 0. The summed E-state index contributed by atoms with van der Waals surface area (Å²) < 4.78 is 3.54. The van der Waals surface area contributed by atoms with Crippen molar-refractivity contribution in [2.45, 2.75) is 31.8 Å². The minimum absolute atomic E-state index is 0. The number of rotatable bonds is 6. The third kappa shape index (κ3) is 8.58. The molecule has 1 N–H and O–H groups in total. The van der Waals surface area contributed by atoms with Crippen LogP contribution in [0, 0.1) is 4.77 Å². The van der Waals surface area contributed by atoms with Gasteiger partial charge in [0.15, 0.2) is 11.6 Å². The van der Waals surface area contributed by atoms with Crippen molar-refractivity contribution < 1.29 is 16.5 Å². The van der Waals surface area contributed by atoms with Gasteiger partial charge in [0.05, 0.1) is 22.5 Å². The number of hydrogen-bond donors (Lipinski definition) is 1. The van der Waals surface area contributed by atoms with Crippen molar-refractivity contribution in [3.05, 3.63) is 84.0 Å². The monoisotopic (exact) mass is 657 g/mol.